The number of esters is 2. The van der Waals surface area contributed by atoms with Crippen molar-refractivity contribution >= 4 is 11.9 Å². The summed E-state index contributed by atoms with van der Waals surface area (Å²) >= 11 is 0. The minimum absolute atomic E-state index is 0.136. The van der Waals surface area contributed by atoms with E-state index in [0.29, 0.717) is 0 Å². The topological polar surface area (TPSA) is 52.6 Å². The predicted molar refractivity (Wildman–Crippen MR) is 71.7 cm³/mol. The molecular weight excluding hydrogens is 244 g/mol. The van der Waals surface area contributed by atoms with E-state index in [2.05, 4.69) is 0 Å². The van der Waals surface area contributed by atoms with E-state index < -0.39 is 30.6 Å². The van der Waals surface area contributed by atoms with Gasteiger partial charge in [-0.15, -0.1) is 0 Å². The van der Waals surface area contributed by atoms with Gasteiger partial charge in [-0.05, 0) is 25.8 Å². The van der Waals surface area contributed by atoms with Gasteiger partial charge < -0.3 is 9.47 Å². The van der Waals surface area contributed by atoms with Crippen molar-refractivity contribution in [3.05, 3.63) is 35.9 Å². The number of hydrogen-bond donors (Lipinski definition) is 0. The zero-order chi connectivity index (χ0) is 18.6. The first-order chi connectivity index (χ1) is 11.1. The molecule has 0 fully saturated rings. The number of hydrogen-bond acceptors (Lipinski definition) is 4. The Balaban J connectivity index is 3.81. The highest BCUT2D eigenvalue weighted by Crippen LogP contribution is 2.31. The number of benzene rings is 1. The maximum absolute atomic E-state index is 12.7. The van der Waals surface area contributed by atoms with Crippen molar-refractivity contribution in [3.8, 4) is 0 Å². The van der Waals surface area contributed by atoms with Crippen LogP contribution in [0.4, 0.5) is 0 Å². The molecule has 0 amide bonds. The summed E-state index contributed by atoms with van der Waals surface area (Å²) in [6, 6.07) is 7.14. The zero-order valence-electron chi connectivity index (χ0n) is 15.9. The van der Waals surface area contributed by atoms with Crippen LogP contribution in [-0.4, -0.2) is 25.2 Å². The minimum atomic E-state index is -3.28. The molecule has 104 valence electrons. The molecule has 0 N–H and O–H groups in total. The summed E-state index contributed by atoms with van der Waals surface area (Å²) in [5.74, 6) is -2.59. The number of carbonyl (C=O) groups excluding carboxylic acids is 2. The molecule has 0 saturated heterocycles. The largest absolute Gasteiger partial charge is 0.465 e. The quantitative estimate of drug-likeness (QED) is 0.588. The molecule has 4 heteroatoms. The molecule has 0 bridgehead atoms. The van der Waals surface area contributed by atoms with Crippen molar-refractivity contribution in [3.63, 3.8) is 0 Å². The van der Waals surface area contributed by atoms with Crippen LogP contribution in [0, 0.1) is 0 Å². The SMILES string of the molecule is [2H]C([2H])([2H])C([2H])([2H])C(C(=O)OCC)(C(=O)OCC)c1ccccc1. The van der Waals surface area contributed by atoms with Crippen molar-refractivity contribution in [1.29, 1.82) is 0 Å². The second-order valence-electron chi connectivity index (χ2n) is 3.68. The highest BCUT2D eigenvalue weighted by molar-refractivity contribution is 6.06. The van der Waals surface area contributed by atoms with Crippen LogP contribution in [0.3, 0.4) is 0 Å². The number of rotatable bonds is 6. The van der Waals surface area contributed by atoms with Crippen LogP contribution in [0.1, 0.15) is 39.5 Å². The van der Waals surface area contributed by atoms with Gasteiger partial charge in [0.25, 0.3) is 0 Å². The molecule has 19 heavy (non-hydrogen) atoms. The van der Waals surface area contributed by atoms with Gasteiger partial charge in [0.05, 0.1) is 13.2 Å². The Bertz CT molecular complexity index is 565. The van der Waals surface area contributed by atoms with Gasteiger partial charge in [-0.3, -0.25) is 9.59 Å². The monoisotopic (exact) mass is 269 g/mol. The summed E-state index contributed by atoms with van der Waals surface area (Å²) in [5, 5.41) is 0. The Kier molecular flexibility index (Phi) is 3.33. The summed E-state index contributed by atoms with van der Waals surface area (Å²) in [6.45, 7) is -0.621. The van der Waals surface area contributed by atoms with Crippen LogP contribution in [0.25, 0.3) is 0 Å². The Morgan fingerprint density at radius 3 is 2.11 bits per heavy atom. The summed E-state index contributed by atoms with van der Waals surface area (Å²) in [4.78, 5) is 25.3. The van der Waals surface area contributed by atoms with Crippen LogP contribution < -0.4 is 0 Å². The number of ether oxygens (including phenoxy) is 2. The van der Waals surface area contributed by atoms with E-state index in [9.17, 15) is 9.59 Å². The van der Waals surface area contributed by atoms with E-state index in [0.717, 1.165) is 0 Å². The normalized spacial score (nSPS) is 16.2. The van der Waals surface area contributed by atoms with Gasteiger partial charge in [-0.1, -0.05) is 37.2 Å². The van der Waals surface area contributed by atoms with Crippen LogP contribution in [0.15, 0.2) is 30.3 Å². The molecule has 0 aliphatic rings. The van der Waals surface area contributed by atoms with E-state index in [-0.39, 0.29) is 18.8 Å². The Morgan fingerprint density at radius 2 is 1.68 bits per heavy atom. The van der Waals surface area contributed by atoms with E-state index in [4.69, 9.17) is 16.3 Å². The van der Waals surface area contributed by atoms with Crippen molar-refractivity contribution in [2.24, 2.45) is 0 Å². The Labute approximate surface area is 120 Å². The highest BCUT2D eigenvalue weighted by atomic mass is 16.6. The molecule has 0 aromatic heterocycles. The van der Waals surface area contributed by atoms with Crippen LogP contribution in [-0.2, 0) is 24.5 Å². The summed E-state index contributed by atoms with van der Waals surface area (Å²) < 4.78 is 48.6. The molecule has 0 radical (unpaired) electrons. The molecule has 0 heterocycles. The molecule has 0 saturated carbocycles. The zero-order valence-corrected chi connectivity index (χ0v) is 10.9. The molecule has 1 aromatic carbocycles. The van der Waals surface area contributed by atoms with Gasteiger partial charge in [0.2, 0.25) is 0 Å². The first-order valence-electron chi connectivity index (χ1n) is 8.47. The predicted octanol–water partition coefficient (Wildman–Crippen LogP) is 2.46. The molecule has 0 atom stereocenters. The fraction of sp³-hybridized carbons (Fsp3) is 0.467. The van der Waals surface area contributed by atoms with Gasteiger partial charge >= 0.3 is 11.9 Å². The number of carbonyl (C=O) groups is 2. The molecule has 4 nitrogen and oxygen atoms in total. The average Bonchev–Trinajstić information content (AvgIpc) is 2.48. The van der Waals surface area contributed by atoms with E-state index in [1.807, 2.05) is 0 Å². The van der Waals surface area contributed by atoms with E-state index >= 15 is 0 Å². The molecule has 1 aromatic rings. The molecule has 0 aliphatic heterocycles. The Morgan fingerprint density at radius 1 is 1.16 bits per heavy atom. The van der Waals surface area contributed by atoms with Crippen molar-refractivity contribution < 1.29 is 25.9 Å². The average molecular weight is 269 g/mol. The lowest BCUT2D eigenvalue weighted by molar-refractivity contribution is -0.165. The fourth-order valence-corrected chi connectivity index (χ4v) is 1.66. The first-order valence-corrected chi connectivity index (χ1v) is 5.97. The van der Waals surface area contributed by atoms with E-state index in [1.54, 1.807) is 6.07 Å². The van der Waals surface area contributed by atoms with Crippen LogP contribution in [0.5, 0.6) is 0 Å². The first kappa shape index (κ1) is 9.13. The lowest BCUT2D eigenvalue weighted by Crippen LogP contribution is -2.45. The summed E-state index contributed by atoms with van der Waals surface area (Å²) in [5.41, 5.74) is -2.89. The maximum Gasteiger partial charge on any atom is 0.328 e. The molecular formula is C15H20O4. The van der Waals surface area contributed by atoms with Crippen molar-refractivity contribution in [2.75, 3.05) is 13.2 Å². The second-order valence-corrected chi connectivity index (χ2v) is 3.68. The molecule has 0 aliphatic carbocycles. The third-order valence-electron chi connectivity index (χ3n) is 2.56. The van der Waals surface area contributed by atoms with Gasteiger partial charge in [0, 0.05) is 6.85 Å². The van der Waals surface area contributed by atoms with Gasteiger partial charge in [0.15, 0.2) is 5.41 Å². The van der Waals surface area contributed by atoms with Crippen LogP contribution >= 0.6 is 0 Å². The third kappa shape index (κ3) is 2.95. The Hall–Kier alpha value is -1.84. The lowest BCUT2D eigenvalue weighted by Gasteiger charge is -2.28. The van der Waals surface area contributed by atoms with Gasteiger partial charge in [-0.25, -0.2) is 0 Å². The lowest BCUT2D eigenvalue weighted by atomic mass is 9.78. The van der Waals surface area contributed by atoms with Gasteiger partial charge in [-0.2, -0.15) is 0 Å². The molecule has 1 rings (SSSR count). The van der Waals surface area contributed by atoms with Gasteiger partial charge in [0.1, 0.15) is 0 Å². The molecule has 0 unspecified atom stereocenters. The summed E-state index contributed by atoms with van der Waals surface area (Å²) in [7, 11) is 0. The standard InChI is InChI=1S/C15H20O4/c1-4-15(13(16)18-5-2,14(17)19-6-3)12-10-8-7-9-11-12/h7-11H,4-6H2,1-3H3/i1D3,4D2. The van der Waals surface area contributed by atoms with Crippen LogP contribution in [0.2, 0.25) is 0 Å². The van der Waals surface area contributed by atoms with Crippen molar-refractivity contribution in [2.45, 2.75) is 32.5 Å². The fourth-order valence-electron chi connectivity index (χ4n) is 1.66. The summed E-state index contributed by atoms with van der Waals surface area (Å²) in [6.07, 6.45) is -3.25. The molecule has 0 spiro atoms. The van der Waals surface area contributed by atoms with E-state index in [1.165, 1.54) is 38.1 Å². The van der Waals surface area contributed by atoms with Crippen molar-refractivity contribution in [1.82, 2.24) is 0 Å². The second kappa shape index (κ2) is 6.92. The highest BCUT2D eigenvalue weighted by Gasteiger charge is 2.48. The minimum Gasteiger partial charge on any atom is -0.465 e. The third-order valence-corrected chi connectivity index (χ3v) is 2.56. The smallest absolute Gasteiger partial charge is 0.328 e. The maximum atomic E-state index is 12.7.